The fourth-order valence-corrected chi connectivity index (χ4v) is 4.16. The number of hydrogen-bond donors (Lipinski definition) is 0. The molecule has 0 saturated carbocycles. The molecule has 0 heterocycles. The Balaban J connectivity index is 1.86. The second-order valence-electron chi connectivity index (χ2n) is 6.96. The van der Waals surface area contributed by atoms with Gasteiger partial charge >= 0.3 is 0 Å². The summed E-state index contributed by atoms with van der Waals surface area (Å²) in [5.74, 6) is 0.831. The summed E-state index contributed by atoms with van der Waals surface area (Å²) < 4.78 is 10.6. The van der Waals surface area contributed by atoms with Crippen molar-refractivity contribution in [1.82, 2.24) is 0 Å². The molecule has 5 aromatic carbocycles. The van der Waals surface area contributed by atoms with Gasteiger partial charge in [0.25, 0.3) is 0 Å². The molecule has 5 aromatic rings. The first-order chi connectivity index (χ1) is 13.8. The molecule has 0 atom stereocenters. The van der Waals surface area contributed by atoms with E-state index < -0.39 is 0 Å². The van der Waals surface area contributed by atoms with E-state index in [0.717, 1.165) is 16.9 Å². The molecule has 0 aromatic heterocycles. The van der Waals surface area contributed by atoms with Gasteiger partial charge < -0.3 is 9.47 Å². The Morgan fingerprint density at radius 1 is 0.679 bits per heavy atom. The van der Waals surface area contributed by atoms with E-state index in [-0.39, 0.29) is 0 Å². The summed E-state index contributed by atoms with van der Waals surface area (Å²) >= 11 is 0. The van der Waals surface area contributed by atoms with Crippen LogP contribution in [0.3, 0.4) is 0 Å². The number of rotatable bonds is 4. The zero-order valence-corrected chi connectivity index (χ0v) is 15.9. The van der Waals surface area contributed by atoms with Gasteiger partial charge in [0, 0.05) is 0 Å². The predicted molar refractivity (Wildman–Crippen MR) is 118 cm³/mol. The van der Waals surface area contributed by atoms with E-state index in [4.69, 9.17) is 9.47 Å². The summed E-state index contributed by atoms with van der Waals surface area (Å²) in [6.45, 7) is 0. The van der Waals surface area contributed by atoms with Crippen LogP contribution in [0.25, 0.3) is 49.5 Å². The Morgan fingerprint density at radius 2 is 1.36 bits per heavy atom. The van der Waals surface area contributed by atoms with Gasteiger partial charge in [-0.25, -0.2) is 0 Å². The molecule has 2 heteroatoms. The van der Waals surface area contributed by atoms with Crippen LogP contribution in [0.4, 0.5) is 0 Å². The molecule has 0 spiro atoms. The topological polar surface area (TPSA) is 18.5 Å². The van der Waals surface area contributed by atoms with Crippen LogP contribution in [0, 0.1) is 0 Å². The average molecular weight is 364 g/mol. The smallest absolute Gasteiger partial charge is 0.119 e. The fraction of sp³-hybridized carbons (Fsp3) is 0.0769. The quantitative estimate of drug-likeness (QED) is 0.256. The SMILES string of the molecule is COC=Cc1cc(OC)ccc1-c1ccc2ccc3cccc4ccc1c2c34. The van der Waals surface area contributed by atoms with E-state index in [0.29, 0.717) is 0 Å². The van der Waals surface area contributed by atoms with Crippen LogP contribution in [-0.4, -0.2) is 14.2 Å². The summed E-state index contributed by atoms with van der Waals surface area (Å²) in [6.07, 6.45) is 3.68. The lowest BCUT2D eigenvalue weighted by Gasteiger charge is -2.16. The van der Waals surface area contributed by atoms with Gasteiger partial charge in [-0.05, 0) is 67.2 Å². The molecule has 0 aliphatic heterocycles. The highest BCUT2D eigenvalue weighted by molar-refractivity contribution is 6.25. The second kappa shape index (κ2) is 6.58. The molecule has 0 fully saturated rings. The van der Waals surface area contributed by atoms with Crippen molar-refractivity contribution in [3.05, 3.63) is 84.6 Å². The maximum absolute atomic E-state index is 5.43. The van der Waals surface area contributed by atoms with Crippen molar-refractivity contribution in [2.75, 3.05) is 14.2 Å². The average Bonchev–Trinajstić information content (AvgIpc) is 2.76. The Bertz CT molecular complexity index is 1320. The minimum atomic E-state index is 0.831. The van der Waals surface area contributed by atoms with Gasteiger partial charge in [-0.3, -0.25) is 0 Å². The van der Waals surface area contributed by atoms with E-state index in [9.17, 15) is 0 Å². The van der Waals surface area contributed by atoms with Crippen molar-refractivity contribution in [3.63, 3.8) is 0 Å². The van der Waals surface area contributed by atoms with Crippen LogP contribution in [0.1, 0.15) is 5.56 Å². The lowest BCUT2D eigenvalue weighted by molar-refractivity contribution is 0.341. The third-order valence-electron chi connectivity index (χ3n) is 5.46. The summed E-state index contributed by atoms with van der Waals surface area (Å²) in [4.78, 5) is 0. The molecular formula is C26H20O2. The van der Waals surface area contributed by atoms with E-state index >= 15 is 0 Å². The van der Waals surface area contributed by atoms with Crippen LogP contribution < -0.4 is 4.74 Å². The van der Waals surface area contributed by atoms with E-state index in [1.54, 1.807) is 20.5 Å². The summed E-state index contributed by atoms with van der Waals surface area (Å²) in [5.41, 5.74) is 3.44. The minimum absolute atomic E-state index is 0.831. The van der Waals surface area contributed by atoms with Gasteiger partial charge in [0.2, 0.25) is 0 Å². The molecule has 0 amide bonds. The number of hydrogen-bond acceptors (Lipinski definition) is 2. The van der Waals surface area contributed by atoms with Crippen LogP contribution in [0.2, 0.25) is 0 Å². The number of methoxy groups -OCH3 is 2. The lowest BCUT2D eigenvalue weighted by atomic mass is 9.88. The fourth-order valence-electron chi connectivity index (χ4n) is 4.16. The highest BCUT2D eigenvalue weighted by Crippen LogP contribution is 2.40. The lowest BCUT2D eigenvalue weighted by Crippen LogP contribution is -1.91. The molecule has 0 unspecified atom stereocenters. The number of ether oxygens (including phenoxy) is 2. The Morgan fingerprint density at radius 3 is 2.11 bits per heavy atom. The standard InChI is InChI=1S/C26H20O2/c1-27-15-14-20-16-21(28-2)10-13-22(20)23-11-8-19-7-6-17-4-3-5-18-9-12-24(23)26(19)25(17)18/h3-16H,1-2H3. The zero-order valence-electron chi connectivity index (χ0n) is 15.9. The summed E-state index contributed by atoms with van der Waals surface area (Å²) in [5, 5.41) is 7.75. The first kappa shape index (κ1) is 16.6. The first-order valence-electron chi connectivity index (χ1n) is 9.34. The van der Waals surface area contributed by atoms with Gasteiger partial charge in [0.05, 0.1) is 20.5 Å². The Hall–Kier alpha value is -3.52. The molecule has 0 N–H and O–H groups in total. The molecule has 0 saturated heterocycles. The molecule has 28 heavy (non-hydrogen) atoms. The van der Waals surface area contributed by atoms with Crippen LogP contribution >= 0.6 is 0 Å². The largest absolute Gasteiger partial charge is 0.504 e. The number of benzene rings is 5. The zero-order chi connectivity index (χ0) is 19.1. The van der Waals surface area contributed by atoms with Gasteiger partial charge in [0.1, 0.15) is 5.75 Å². The molecule has 2 nitrogen and oxygen atoms in total. The van der Waals surface area contributed by atoms with E-state index in [1.807, 2.05) is 18.2 Å². The highest BCUT2D eigenvalue weighted by Gasteiger charge is 2.13. The van der Waals surface area contributed by atoms with E-state index in [1.165, 1.54) is 37.9 Å². The van der Waals surface area contributed by atoms with Gasteiger partial charge in [0.15, 0.2) is 0 Å². The van der Waals surface area contributed by atoms with Crippen molar-refractivity contribution in [1.29, 1.82) is 0 Å². The van der Waals surface area contributed by atoms with Gasteiger partial charge in [-0.2, -0.15) is 0 Å². The third kappa shape index (κ3) is 2.49. The Labute approximate surface area is 164 Å². The summed E-state index contributed by atoms with van der Waals surface area (Å²) in [6, 6.07) is 26.0. The maximum Gasteiger partial charge on any atom is 0.119 e. The minimum Gasteiger partial charge on any atom is -0.504 e. The molecule has 0 radical (unpaired) electrons. The van der Waals surface area contributed by atoms with Crippen molar-refractivity contribution in [2.24, 2.45) is 0 Å². The second-order valence-corrected chi connectivity index (χ2v) is 6.96. The monoisotopic (exact) mass is 364 g/mol. The van der Waals surface area contributed by atoms with Crippen LogP contribution in [0.5, 0.6) is 5.75 Å². The van der Waals surface area contributed by atoms with Crippen LogP contribution in [-0.2, 0) is 4.74 Å². The van der Waals surface area contributed by atoms with Crippen molar-refractivity contribution in [3.8, 4) is 16.9 Å². The van der Waals surface area contributed by atoms with Crippen molar-refractivity contribution < 1.29 is 9.47 Å². The van der Waals surface area contributed by atoms with Gasteiger partial charge in [-0.15, -0.1) is 0 Å². The molecule has 0 aliphatic carbocycles. The molecule has 5 rings (SSSR count). The molecule has 0 aliphatic rings. The molecule has 136 valence electrons. The maximum atomic E-state index is 5.43. The normalized spacial score (nSPS) is 11.8. The van der Waals surface area contributed by atoms with Gasteiger partial charge in [-0.1, -0.05) is 60.7 Å². The van der Waals surface area contributed by atoms with Crippen molar-refractivity contribution in [2.45, 2.75) is 0 Å². The first-order valence-corrected chi connectivity index (χ1v) is 9.34. The highest BCUT2D eigenvalue weighted by atomic mass is 16.5. The molecular weight excluding hydrogens is 344 g/mol. The third-order valence-corrected chi connectivity index (χ3v) is 5.46. The van der Waals surface area contributed by atoms with Crippen molar-refractivity contribution >= 4 is 38.4 Å². The predicted octanol–water partition coefficient (Wildman–Crippen LogP) is 6.88. The Kier molecular flexibility index (Phi) is 3.91. The summed E-state index contributed by atoms with van der Waals surface area (Å²) in [7, 11) is 3.35. The molecule has 0 bridgehead atoms. The van der Waals surface area contributed by atoms with Crippen LogP contribution in [0.15, 0.2) is 79.1 Å². The van der Waals surface area contributed by atoms with E-state index in [2.05, 4.69) is 60.7 Å².